The molecule has 1 N–H and O–H groups in total. The average molecular weight is 230 g/mol. The quantitative estimate of drug-likeness (QED) is 0.877. The Morgan fingerprint density at radius 2 is 2.12 bits per heavy atom. The number of aromatic amines is 1. The first kappa shape index (κ1) is 10.2. The third-order valence-electron chi connectivity index (χ3n) is 3.08. The lowest BCUT2D eigenvalue weighted by Gasteiger charge is -2.07. The summed E-state index contributed by atoms with van der Waals surface area (Å²) < 4.78 is 6.81. The van der Waals surface area contributed by atoms with Crippen LogP contribution in [0, 0.1) is 0 Å². The van der Waals surface area contributed by atoms with Crippen LogP contribution >= 0.6 is 0 Å². The van der Waals surface area contributed by atoms with Gasteiger partial charge in [-0.1, -0.05) is 12.1 Å². The van der Waals surface area contributed by atoms with Crippen molar-refractivity contribution in [3.63, 3.8) is 0 Å². The van der Waals surface area contributed by atoms with E-state index in [1.807, 2.05) is 24.3 Å². The van der Waals surface area contributed by atoms with Crippen LogP contribution in [0.15, 0.2) is 35.1 Å². The van der Waals surface area contributed by atoms with Crippen molar-refractivity contribution < 1.29 is 4.74 Å². The Hall–Kier alpha value is -1.97. The van der Waals surface area contributed by atoms with Gasteiger partial charge in [0.25, 0.3) is 5.56 Å². The Morgan fingerprint density at radius 1 is 1.35 bits per heavy atom. The lowest BCUT2D eigenvalue weighted by molar-refractivity contribution is 0.411. The van der Waals surface area contributed by atoms with E-state index in [9.17, 15) is 4.79 Å². The first-order valence-electron chi connectivity index (χ1n) is 5.75. The number of methoxy groups -OCH3 is 1. The summed E-state index contributed by atoms with van der Waals surface area (Å²) in [5.74, 6) is 1.23. The average Bonchev–Trinajstić information content (AvgIpc) is 3.13. The molecule has 0 aliphatic heterocycles. The van der Waals surface area contributed by atoms with E-state index in [2.05, 4.69) is 5.10 Å². The second kappa shape index (κ2) is 3.80. The van der Waals surface area contributed by atoms with Crippen LogP contribution in [0.1, 0.15) is 24.5 Å². The lowest BCUT2D eigenvalue weighted by atomic mass is 10.3. The summed E-state index contributed by atoms with van der Waals surface area (Å²) in [5.41, 5.74) is 1.75. The number of rotatable bonds is 3. The van der Waals surface area contributed by atoms with Gasteiger partial charge < -0.3 is 4.74 Å². The Balaban J connectivity index is 2.11. The van der Waals surface area contributed by atoms with E-state index in [1.54, 1.807) is 17.9 Å². The molecule has 0 radical (unpaired) electrons. The summed E-state index contributed by atoms with van der Waals surface area (Å²) in [6, 6.07) is 9.18. The molecule has 88 valence electrons. The van der Waals surface area contributed by atoms with Crippen molar-refractivity contribution >= 4 is 0 Å². The van der Waals surface area contributed by atoms with Crippen LogP contribution in [0.5, 0.6) is 5.75 Å². The Labute approximate surface area is 98.8 Å². The minimum absolute atomic E-state index is 0.0311. The third-order valence-corrected chi connectivity index (χ3v) is 3.08. The van der Waals surface area contributed by atoms with Gasteiger partial charge in [0.2, 0.25) is 0 Å². The van der Waals surface area contributed by atoms with Crippen molar-refractivity contribution in [2.75, 3.05) is 7.11 Å². The third kappa shape index (κ3) is 1.75. The molecule has 0 spiro atoms. The molecule has 0 saturated heterocycles. The van der Waals surface area contributed by atoms with E-state index >= 15 is 0 Å². The van der Waals surface area contributed by atoms with Gasteiger partial charge in [-0.05, 0) is 25.0 Å². The van der Waals surface area contributed by atoms with Gasteiger partial charge in [-0.25, -0.2) is 4.68 Å². The molecule has 1 aliphatic rings. The summed E-state index contributed by atoms with van der Waals surface area (Å²) in [4.78, 5) is 11.9. The van der Waals surface area contributed by atoms with Crippen molar-refractivity contribution in [2.24, 2.45) is 0 Å². The monoisotopic (exact) mass is 230 g/mol. The van der Waals surface area contributed by atoms with E-state index in [0.29, 0.717) is 11.7 Å². The van der Waals surface area contributed by atoms with E-state index in [0.717, 1.165) is 11.4 Å². The van der Waals surface area contributed by atoms with Crippen LogP contribution in [-0.4, -0.2) is 16.9 Å². The SMILES string of the molecule is COc1ccccc1-n1[nH]c(C2CC2)cc1=O. The highest BCUT2D eigenvalue weighted by Crippen LogP contribution is 2.38. The van der Waals surface area contributed by atoms with Gasteiger partial charge in [0.15, 0.2) is 0 Å². The zero-order valence-corrected chi connectivity index (χ0v) is 9.64. The van der Waals surface area contributed by atoms with E-state index < -0.39 is 0 Å². The predicted octanol–water partition coefficient (Wildman–Crippen LogP) is 2.05. The fourth-order valence-corrected chi connectivity index (χ4v) is 2.01. The number of aromatic nitrogens is 2. The standard InChI is InChI=1S/C13H14N2O2/c1-17-12-5-3-2-4-11(12)15-13(16)8-10(14-15)9-6-7-9/h2-5,8-9,14H,6-7H2,1H3. The van der Waals surface area contributed by atoms with Crippen molar-refractivity contribution in [1.29, 1.82) is 0 Å². The lowest BCUT2D eigenvalue weighted by Crippen LogP contribution is -2.14. The Bertz CT molecular complexity index is 593. The van der Waals surface area contributed by atoms with Crippen LogP contribution < -0.4 is 10.3 Å². The van der Waals surface area contributed by atoms with Gasteiger partial charge in [-0.3, -0.25) is 9.89 Å². The maximum atomic E-state index is 11.9. The molecule has 0 unspecified atom stereocenters. The number of benzene rings is 1. The second-order valence-corrected chi connectivity index (χ2v) is 4.33. The van der Waals surface area contributed by atoms with Gasteiger partial charge in [0, 0.05) is 17.7 Å². The number of nitrogens with zero attached hydrogens (tertiary/aromatic N) is 1. The summed E-state index contributed by atoms with van der Waals surface area (Å²) in [7, 11) is 1.61. The molecule has 1 saturated carbocycles. The largest absolute Gasteiger partial charge is 0.494 e. The van der Waals surface area contributed by atoms with E-state index in [4.69, 9.17) is 4.74 Å². The maximum absolute atomic E-state index is 11.9. The normalized spacial score (nSPS) is 14.9. The van der Waals surface area contributed by atoms with Crippen LogP contribution in [0.25, 0.3) is 5.69 Å². The van der Waals surface area contributed by atoms with Crippen molar-refractivity contribution in [2.45, 2.75) is 18.8 Å². The maximum Gasteiger partial charge on any atom is 0.271 e. The molecule has 3 rings (SSSR count). The number of nitrogens with one attached hydrogen (secondary N) is 1. The minimum Gasteiger partial charge on any atom is -0.494 e. The van der Waals surface area contributed by atoms with Gasteiger partial charge in [-0.2, -0.15) is 0 Å². The number of H-pyrrole nitrogens is 1. The molecular formula is C13H14N2O2. The molecule has 0 amide bonds. The number of hydrogen-bond donors (Lipinski definition) is 1. The first-order chi connectivity index (χ1) is 8.29. The number of para-hydroxylation sites is 2. The Morgan fingerprint density at radius 3 is 2.82 bits per heavy atom. The molecular weight excluding hydrogens is 216 g/mol. The Kier molecular flexibility index (Phi) is 2.28. The van der Waals surface area contributed by atoms with Gasteiger partial charge in [-0.15, -0.1) is 0 Å². The zero-order valence-electron chi connectivity index (χ0n) is 9.64. The molecule has 2 aromatic rings. The summed E-state index contributed by atoms with van der Waals surface area (Å²) in [6.07, 6.45) is 2.34. The minimum atomic E-state index is -0.0311. The highest BCUT2D eigenvalue weighted by Gasteiger charge is 2.26. The molecule has 1 aromatic heterocycles. The highest BCUT2D eigenvalue weighted by molar-refractivity contribution is 5.46. The molecule has 1 aliphatic carbocycles. The summed E-state index contributed by atoms with van der Waals surface area (Å²) in [6.45, 7) is 0. The second-order valence-electron chi connectivity index (χ2n) is 4.33. The molecule has 1 aromatic carbocycles. The molecule has 0 bridgehead atoms. The van der Waals surface area contributed by atoms with Crippen molar-refractivity contribution in [1.82, 2.24) is 9.78 Å². The summed E-state index contributed by atoms with van der Waals surface area (Å²) in [5, 5.41) is 3.16. The van der Waals surface area contributed by atoms with Crippen LogP contribution in [-0.2, 0) is 0 Å². The number of ether oxygens (including phenoxy) is 1. The smallest absolute Gasteiger partial charge is 0.271 e. The molecule has 17 heavy (non-hydrogen) atoms. The fraction of sp³-hybridized carbons (Fsp3) is 0.308. The zero-order chi connectivity index (χ0) is 11.8. The van der Waals surface area contributed by atoms with Crippen LogP contribution in [0.3, 0.4) is 0 Å². The van der Waals surface area contributed by atoms with Gasteiger partial charge in [0.05, 0.1) is 7.11 Å². The molecule has 4 nitrogen and oxygen atoms in total. The first-order valence-corrected chi connectivity index (χ1v) is 5.75. The van der Waals surface area contributed by atoms with Gasteiger partial charge >= 0.3 is 0 Å². The number of hydrogen-bond acceptors (Lipinski definition) is 2. The molecule has 4 heteroatoms. The molecule has 0 atom stereocenters. The molecule has 1 fully saturated rings. The van der Waals surface area contributed by atoms with Crippen LogP contribution in [0.2, 0.25) is 0 Å². The van der Waals surface area contributed by atoms with Crippen molar-refractivity contribution in [3.05, 3.63) is 46.4 Å². The van der Waals surface area contributed by atoms with E-state index in [-0.39, 0.29) is 5.56 Å². The predicted molar refractivity (Wildman–Crippen MR) is 64.9 cm³/mol. The summed E-state index contributed by atoms with van der Waals surface area (Å²) >= 11 is 0. The van der Waals surface area contributed by atoms with Crippen molar-refractivity contribution in [3.8, 4) is 11.4 Å². The topological polar surface area (TPSA) is 47.0 Å². The van der Waals surface area contributed by atoms with Crippen LogP contribution in [0.4, 0.5) is 0 Å². The fourth-order valence-electron chi connectivity index (χ4n) is 2.01. The highest BCUT2D eigenvalue weighted by atomic mass is 16.5. The van der Waals surface area contributed by atoms with E-state index in [1.165, 1.54) is 12.8 Å². The van der Waals surface area contributed by atoms with Gasteiger partial charge in [0.1, 0.15) is 11.4 Å². The molecule has 1 heterocycles.